The highest BCUT2D eigenvalue weighted by atomic mass is 16.2. The number of carbonyl (C=O) groups excluding carboxylic acids is 2. The summed E-state index contributed by atoms with van der Waals surface area (Å²) in [5, 5.41) is 8.56. The Kier molecular flexibility index (Phi) is 7.22. The van der Waals surface area contributed by atoms with Crippen LogP contribution in [-0.4, -0.2) is 24.5 Å². The summed E-state index contributed by atoms with van der Waals surface area (Å²) in [6.07, 6.45) is 0. The second-order valence-corrected chi connectivity index (χ2v) is 7.41. The van der Waals surface area contributed by atoms with Gasteiger partial charge < -0.3 is 16.0 Å². The van der Waals surface area contributed by atoms with Gasteiger partial charge in [-0.25, -0.2) is 4.79 Å². The predicted octanol–water partition coefficient (Wildman–Crippen LogP) is 4.78. The molecule has 0 spiro atoms. The number of benzene rings is 3. The monoisotopic (exact) mass is 401 g/mol. The van der Waals surface area contributed by atoms with Gasteiger partial charge in [-0.3, -0.25) is 4.79 Å². The van der Waals surface area contributed by atoms with Gasteiger partial charge in [-0.1, -0.05) is 60.7 Å². The number of urea groups is 1. The first kappa shape index (κ1) is 21.1. The van der Waals surface area contributed by atoms with Crippen LogP contribution in [0.5, 0.6) is 0 Å². The second-order valence-electron chi connectivity index (χ2n) is 7.41. The highest BCUT2D eigenvalue weighted by Gasteiger charge is 2.16. The minimum Gasteiger partial charge on any atom is -0.351 e. The van der Waals surface area contributed by atoms with Crippen LogP contribution in [0.25, 0.3) is 0 Å². The van der Waals surface area contributed by atoms with Crippen LogP contribution in [0.3, 0.4) is 0 Å². The molecule has 3 amide bonds. The Morgan fingerprint density at radius 3 is 1.80 bits per heavy atom. The largest absolute Gasteiger partial charge is 0.351 e. The van der Waals surface area contributed by atoms with Gasteiger partial charge in [0.2, 0.25) is 0 Å². The van der Waals surface area contributed by atoms with E-state index in [4.69, 9.17) is 0 Å². The summed E-state index contributed by atoms with van der Waals surface area (Å²) >= 11 is 0. The van der Waals surface area contributed by atoms with Crippen molar-refractivity contribution in [2.45, 2.75) is 25.8 Å². The van der Waals surface area contributed by atoms with Gasteiger partial charge in [0.25, 0.3) is 5.91 Å². The minimum absolute atomic E-state index is 0.0530. The van der Waals surface area contributed by atoms with Gasteiger partial charge in [-0.2, -0.15) is 0 Å². The maximum absolute atomic E-state index is 12.7. The van der Waals surface area contributed by atoms with Crippen molar-refractivity contribution in [3.05, 3.63) is 102 Å². The van der Waals surface area contributed by atoms with Crippen molar-refractivity contribution in [2.75, 3.05) is 11.9 Å². The van der Waals surface area contributed by atoms with Crippen molar-refractivity contribution in [3.63, 3.8) is 0 Å². The first-order valence-electron chi connectivity index (χ1n) is 10.1. The zero-order chi connectivity index (χ0) is 21.3. The van der Waals surface area contributed by atoms with Crippen molar-refractivity contribution in [2.24, 2.45) is 0 Å². The van der Waals surface area contributed by atoms with Crippen molar-refractivity contribution < 1.29 is 9.59 Å². The summed E-state index contributed by atoms with van der Waals surface area (Å²) in [4.78, 5) is 24.5. The molecule has 3 rings (SSSR count). The summed E-state index contributed by atoms with van der Waals surface area (Å²) in [5.41, 5.74) is 3.49. The fourth-order valence-electron chi connectivity index (χ4n) is 3.23. The molecule has 0 heterocycles. The summed E-state index contributed by atoms with van der Waals surface area (Å²) in [5.74, 6) is -0.0814. The SMILES string of the molecule is CC(C)NC(=O)Nc1ccc(C(=O)NCC(c2ccccc2)c2ccccc2)cc1. The zero-order valence-corrected chi connectivity index (χ0v) is 17.3. The molecule has 0 saturated carbocycles. The summed E-state index contributed by atoms with van der Waals surface area (Å²) in [7, 11) is 0. The van der Waals surface area contributed by atoms with Crippen LogP contribution < -0.4 is 16.0 Å². The Balaban J connectivity index is 1.65. The van der Waals surface area contributed by atoms with Crippen molar-refractivity contribution in [3.8, 4) is 0 Å². The van der Waals surface area contributed by atoms with Crippen molar-refractivity contribution >= 4 is 17.6 Å². The molecular formula is C25H27N3O2. The average molecular weight is 402 g/mol. The summed E-state index contributed by atoms with van der Waals surface area (Å²) < 4.78 is 0. The number of amides is 3. The Morgan fingerprint density at radius 1 is 0.767 bits per heavy atom. The lowest BCUT2D eigenvalue weighted by atomic mass is 9.91. The van der Waals surface area contributed by atoms with Gasteiger partial charge in [0, 0.05) is 29.8 Å². The van der Waals surface area contributed by atoms with Gasteiger partial charge in [-0.05, 0) is 49.2 Å². The number of hydrogen-bond acceptors (Lipinski definition) is 2. The highest BCUT2D eigenvalue weighted by molar-refractivity contribution is 5.95. The van der Waals surface area contributed by atoms with Crippen LogP contribution in [0.4, 0.5) is 10.5 Å². The topological polar surface area (TPSA) is 70.2 Å². The predicted molar refractivity (Wildman–Crippen MR) is 121 cm³/mol. The number of carbonyl (C=O) groups is 2. The van der Waals surface area contributed by atoms with Crippen LogP contribution in [0, 0.1) is 0 Å². The molecule has 0 unspecified atom stereocenters. The van der Waals surface area contributed by atoms with Crippen molar-refractivity contribution in [1.82, 2.24) is 10.6 Å². The van der Waals surface area contributed by atoms with Gasteiger partial charge in [0.1, 0.15) is 0 Å². The van der Waals surface area contributed by atoms with Crippen molar-refractivity contribution in [1.29, 1.82) is 0 Å². The fraction of sp³-hybridized carbons (Fsp3) is 0.200. The quantitative estimate of drug-likeness (QED) is 0.533. The molecule has 5 heteroatoms. The molecular weight excluding hydrogens is 374 g/mol. The zero-order valence-electron chi connectivity index (χ0n) is 17.3. The number of hydrogen-bond donors (Lipinski definition) is 3. The molecule has 0 aliphatic carbocycles. The normalized spacial score (nSPS) is 10.7. The van der Waals surface area contributed by atoms with Gasteiger partial charge in [0.05, 0.1) is 0 Å². The van der Waals surface area contributed by atoms with E-state index in [-0.39, 0.29) is 23.9 Å². The molecule has 30 heavy (non-hydrogen) atoms. The molecule has 0 saturated heterocycles. The van der Waals surface area contributed by atoms with E-state index in [0.717, 1.165) is 11.1 Å². The molecule has 3 aromatic rings. The number of nitrogens with one attached hydrogen (secondary N) is 3. The highest BCUT2D eigenvalue weighted by Crippen LogP contribution is 2.23. The molecule has 154 valence electrons. The Hall–Kier alpha value is -3.60. The summed E-state index contributed by atoms with van der Waals surface area (Å²) in [6.45, 7) is 4.28. The smallest absolute Gasteiger partial charge is 0.319 e. The van der Waals surface area contributed by atoms with E-state index in [1.165, 1.54) is 0 Å². The standard InChI is InChI=1S/C25H27N3O2/c1-18(2)27-25(30)28-22-15-13-21(14-16-22)24(29)26-17-23(19-9-5-3-6-10-19)20-11-7-4-8-12-20/h3-16,18,23H,17H2,1-2H3,(H,26,29)(H2,27,28,30). The minimum atomic E-state index is -0.268. The van der Waals surface area contributed by atoms with Gasteiger partial charge in [-0.15, -0.1) is 0 Å². The van der Waals surface area contributed by atoms with E-state index in [1.807, 2.05) is 50.2 Å². The van der Waals surface area contributed by atoms with Crippen LogP contribution in [0.2, 0.25) is 0 Å². The maximum atomic E-state index is 12.7. The van der Waals surface area contributed by atoms with Gasteiger partial charge in [0.15, 0.2) is 0 Å². The van der Waals surface area contributed by atoms with Gasteiger partial charge >= 0.3 is 6.03 Å². The molecule has 5 nitrogen and oxygen atoms in total. The molecule has 3 aromatic carbocycles. The maximum Gasteiger partial charge on any atom is 0.319 e. The average Bonchev–Trinajstić information content (AvgIpc) is 2.75. The second kappa shape index (κ2) is 10.3. The first-order chi connectivity index (χ1) is 14.5. The van der Waals surface area contributed by atoms with E-state index in [1.54, 1.807) is 24.3 Å². The lowest BCUT2D eigenvalue weighted by Crippen LogP contribution is -2.34. The molecule has 0 fully saturated rings. The first-order valence-corrected chi connectivity index (χ1v) is 10.1. The third-order valence-electron chi connectivity index (χ3n) is 4.70. The van der Waals surface area contributed by atoms with E-state index in [2.05, 4.69) is 40.2 Å². The fourth-order valence-corrected chi connectivity index (χ4v) is 3.23. The lowest BCUT2D eigenvalue weighted by Gasteiger charge is -2.19. The lowest BCUT2D eigenvalue weighted by molar-refractivity contribution is 0.0952. The molecule has 0 aliphatic heterocycles. The molecule has 0 aromatic heterocycles. The summed E-state index contributed by atoms with van der Waals surface area (Å²) in [6, 6.07) is 27.0. The molecule has 0 aliphatic rings. The number of rotatable bonds is 7. The molecule has 0 atom stereocenters. The number of anilines is 1. The Labute approximate surface area is 177 Å². The Bertz CT molecular complexity index is 915. The van der Waals surface area contributed by atoms with Crippen LogP contribution in [0.1, 0.15) is 41.3 Å². The van der Waals surface area contributed by atoms with Crippen LogP contribution in [-0.2, 0) is 0 Å². The third-order valence-corrected chi connectivity index (χ3v) is 4.70. The Morgan fingerprint density at radius 2 is 1.30 bits per heavy atom. The third kappa shape index (κ3) is 5.95. The van der Waals surface area contributed by atoms with Crippen LogP contribution in [0.15, 0.2) is 84.9 Å². The van der Waals surface area contributed by atoms with E-state index in [0.29, 0.717) is 17.8 Å². The molecule has 0 radical (unpaired) electrons. The van der Waals surface area contributed by atoms with E-state index < -0.39 is 0 Å². The van der Waals surface area contributed by atoms with Crippen LogP contribution >= 0.6 is 0 Å². The van der Waals surface area contributed by atoms with E-state index in [9.17, 15) is 9.59 Å². The molecule has 0 bridgehead atoms. The molecule has 3 N–H and O–H groups in total. The van der Waals surface area contributed by atoms with E-state index >= 15 is 0 Å².